The third kappa shape index (κ3) is 3.70. The number of carbonyl (C=O) groups is 1. The van der Waals surface area contributed by atoms with Gasteiger partial charge in [-0.15, -0.1) is 11.3 Å². The fourth-order valence-electron chi connectivity index (χ4n) is 0.998. The maximum absolute atomic E-state index is 10.3. The minimum Gasteiger partial charge on any atom is -0.478 e. The standard InChI is InChI=1S/C10H13NO2S/c1-7(2)5-9-11-6-8(14-9)3-4-10(12)13/h3-4,6-7H,5H2,1-2H3,(H,12,13)/b4-3+. The van der Waals surface area contributed by atoms with E-state index in [4.69, 9.17) is 5.11 Å². The van der Waals surface area contributed by atoms with Gasteiger partial charge in [0.15, 0.2) is 0 Å². The summed E-state index contributed by atoms with van der Waals surface area (Å²) in [5, 5.41) is 9.48. The van der Waals surface area contributed by atoms with Crippen LogP contribution < -0.4 is 0 Å². The van der Waals surface area contributed by atoms with Crippen LogP contribution in [0.15, 0.2) is 12.3 Å². The fraction of sp³-hybridized carbons (Fsp3) is 0.400. The van der Waals surface area contributed by atoms with E-state index < -0.39 is 5.97 Å². The summed E-state index contributed by atoms with van der Waals surface area (Å²) in [7, 11) is 0. The second kappa shape index (κ2) is 4.91. The minimum absolute atomic E-state index is 0.581. The summed E-state index contributed by atoms with van der Waals surface area (Å²) < 4.78 is 0. The zero-order chi connectivity index (χ0) is 10.6. The van der Waals surface area contributed by atoms with E-state index in [-0.39, 0.29) is 0 Å². The fourth-order valence-corrected chi connectivity index (χ4v) is 2.03. The van der Waals surface area contributed by atoms with E-state index in [0.29, 0.717) is 5.92 Å². The van der Waals surface area contributed by atoms with Crippen molar-refractivity contribution >= 4 is 23.4 Å². The number of carboxylic acids is 1. The monoisotopic (exact) mass is 211 g/mol. The van der Waals surface area contributed by atoms with Crippen molar-refractivity contribution in [2.75, 3.05) is 0 Å². The Morgan fingerprint density at radius 2 is 2.43 bits per heavy atom. The molecule has 1 rings (SSSR count). The summed E-state index contributed by atoms with van der Waals surface area (Å²) >= 11 is 1.54. The van der Waals surface area contributed by atoms with Crippen LogP contribution in [0.2, 0.25) is 0 Å². The highest BCUT2D eigenvalue weighted by atomic mass is 32.1. The highest BCUT2D eigenvalue weighted by molar-refractivity contribution is 7.12. The van der Waals surface area contributed by atoms with Crippen LogP contribution in [0.1, 0.15) is 23.7 Å². The van der Waals surface area contributed by atoms with Crippen molar-refractivity contribution in [2.45, 2.75) is 20.3 Å². The first-order valence-corrected chi connectivity index (χ1v) is 5.25. The number of thiazole rings is 1. The average molecular weight is 211 g/mol. The van der Waals surface area contributed by atoms with Crippen LogP contribution >= 0.6 is 11.3 Å². The first-order valence-electron chi connectivity index (χ1n) is 4.43. The van der Waals surface area contributed by atoms with E-state index in [1.165, 1.54) is 0 Å². The van der Waals surface area contributed by atoms with Gasteiger partial charge in [0.1, 0.15) is 0 Å². The normalized spacial score (nSPS) is 11.4. The summed E-state index contributed by atoms with van der Waals surface area (Å²) in [5.41, 5.74) is 0. The molecule has 3 nitrogen and oxygen atoms in total. The van der Waals surface area contributed by atoms with Crippen LogP contribution in [0.4, 0.5) is 0 Å². The molecule has 0 saturated heterocycles. The lowest BCUT2D eigenvalue weighted by atomic mass is 10.1. The smallest absolute Gasteiger partial charge is 0.328 e. The summed E-state index contributed by atoms with van der Waals surface area (Å²) in [6, 6.07) is 0. The van der Waals surface area contributed by atoms with Gasteiger partial charge in [-0.2, -0.15) is 0 Å². The van der Waals surface area contributed by atoms with Crippen LogP contribution in [-0.2, 0) is 11.2 Å². The Labute approximate surface area is 87.1 Å². The SMILES string of the molecule is CC(C)Cc1ncc(/C=C/C(=O)O)s1. The van der Waals surface area contributed by atoms with Crippen molar-refractivity contribution in [1.29, 1.82) is 0 Å². The molecular formula is C10H13NO2S. The van der Waals surface area contributed by atoms with Crippen molar-refractivity contribution in [3.63, 3.8) is 0 Å². The number of hydrogen-bond acceptors (Lipinski definition) is 3. The molecule has 0 aliphatic heterocycles. The van der Waals surface area contributed by atoms with Gasteiger partial charge in [-0.25, -0.2) is 9.78 Å². The van der Waals surface area contributed by atoms with Gasteiger partial charge in [0.05, 0.1) is 5.01 Å². The molecular weight excluding hydrogens is 198 g/mol. The number of carboxylic acid groups (broad SMARTS) is 1. The predicted octanol–water partition coefficient (Wildman–Crippen LogP) is 2.44. The molecule has 0 bridgehead atoms. The Morgan fingerprint density at radius 3 is 3.00 bits per heavy atom. The summed E-state index contributed by atoms with van der Waals surface area (Å²) in [6.45, 7) is 4.27. The van der Waals surface area contributed by atoms with Crippen molar-refractivity contribution in [1.82, 2.24) is 4.98 Å². The van der Waals surface area contributed by atoms with Crippen LogP contribution in [0, 0.1) is 5.92 Å². The van der Waals surface area contributed by atoms with Gasteiger partial charge >= 0.3 is 5.97 Å². The zero-order valence-corrected chi connectivity index (χ0v) is 9.04. The quantitative estimate of drug-likeness (QED) is 0.778. The molecule has 0 spiro atoms. The summed E-state index contributed by atoms with van der Waals surface area (Å²) in [4.78, 5) is 15.4. The van der Waals surface area contributed by atoms with Gasteiger partial charge in [0.25, 0.3) is 0 Å². The van der Waals surface area contributed by atoms with Crippen LogP contribution in [0.3, 0.4) is 0 Å². The largest absolute Gasteiger partial charge is 0.478 e. The number of rotatable bonds is 4. The number of nitrogens with zero attached hydrogens (tertiary/aromatic N) is 1. The van der Waals surface area contributed by atoms with Crippen LogP contribution in [0.5, 0.6) is 0 Å². The Kier molecular flexibility index (Phi) is 3.83. The Morgan fingerprint density at radius 1 is 1.71 bits per heavy atom. The summed E-state index contributed by atoms with van der Waals surface area (Å²) in [5.74, 6) is -0.346. The molecule has 0 atom stereocenters. The van der Waals surface area contributed by atoms with Gasteiger partial charge in [0, 0.05) is 23.6 Å². The molecule has 1 N–H and O–H groups in total. The van der Waals surface area contributed by atoms with Gasteiger partial charge in [-0.1, -0.05) is 13.8 Å². The molecule has 0 aliphatic rings. The summed E-state index contributed by atoms with van der Waals surface area (Å²) in [6.07, 6.45) is 5.36. The molecule has 1 aromatic heterocycles. The molecule has 0 saturated carbocycles. The van der Waals surface area contributed by atoms with E-state index >= 15 is 0 Å². The predicted molar refractivity (Wildman–Crippen MR) is 57.3 cm³/mol. The highest BCUT2D eigenvalue weighted by Gasteiger charge is 2.02. The molecule has 76 valence electrons. The van der Waals surface area contributed by atoms with Gasteiger partial charge in [-0.05, 0) is 12.0 Å². The average Bonchev–Trinajstić information content (AvgIpc) is 2.47. The van der Waals surface area contributed by atoms with E-state index in [2.05, 4.69) is 18.8 Å². The zero-order valence-electron chi connectivity index (χ0n) is 8.23. The molecule has 0 radical (unpaired) electrons. The number of hydrogen-bond donors (Lipinski definition) is 1. The van der Waals surface area contributed by atoms with Crippen molar-refractivity contribution in [3.05, 3.63) is 22.2 Å². The lowest BCUT2D eigenvalue weighted by molar-refractivity contribution is -0.131. The molecule has 0 unspecified atom stereocenters. The van der Waals surface area contributed by atoms with Crippen LogP contribution in [0.25, 0.3) is 6.08 Å². The topological polar surface area (TPSA) is 50.2 Å². The van der Waals surface area contributed by atoms with Crippen molar-refractivity contribution < 1.29 is 9.90 Å². The molecule has 1 heterocycles. The van der Waals surface area contributed by atoms with Crippen molar-refractivity contribution in [3.8, 4) is 0 Å². The Balaban J connectivity index is 2.63. The number of aliphatic carboxylic acids is 1. The Bertz CT molecular complexity index is 342. The number of aromatic nitrogens is 1. The first-order chi connectivity index (χ1) is 6.58. The lowest BCUT2D eigenvalue weighted by Crippen LogP contribution is -1.91. The molecule has 0 fully saturated rings. The lowest BCUT2D eigenvalue weighted by Gasteiger charge is -1.97. The second-order valence-corrected chi connectivity index (χ2v) is 4.57. The molecule has 0 amide bonds. The van der Waals surface area contributed by atoms with E-state index in [1.54, 1.807) is 23.6 Å². The molecule has 1 aromatic rings. The minimum atomic E-state index is -0.927. The highest BCUT2D eigenvalue weighted by Crippen LogP contribution is 2.17. The van der Waals surface area contributed by atoms with Gasteiger partial charge in [0.2, 0.25) is 0 Å². The molecule has 0 aromatic carbocycles. The van der Waals surface area contributed by atoms with Crippen LogP contribution in [-0.4, -0.2) is 16.1 Å². The third-order valence-corrected chi connectivity index (χ3v) is 2.53. The third-order valence-electron chi connectivity index (χ3n) is 1.54. The molecule has 0 aliphatic carbocycles. The molecule has 14 heavy (non-hydrogen) atoms. The van der Waals surface area contributed by atoms with E-state index in [9.17, 15) is 4.79 Å². The van der Waals surface area contributed by atoms with Gasteiger partial charge in [-0.3, -0.25) is 0 Å². The van der Waals surface area contributed by atoms with Gasteiger partial charge < -0.3 is 5.11 Å². The first kappa shape index (κ1) is 10.9. The van der Waals surface area contributed by atoms with E-state index in [1.807, 2.05) is 0 Å². The Hall–Kier alpha value is -1.16. The molecule has 4 heteroatoms. The second-order valence-electron chi connectivity index (χ2n) is 3.43. The van der Waals surface area contributed by atoms with Crippen molar-refractivity contribution in [2.24, 2.45) is 5.92 Å². The van der Waals surface area contributed by atoms with E-state index in [0.717, 1.165) is 22.4 Å². The maximum atomic E-state index is 10.3. The maximum Gasteiger partial charge on any atom is 0.328 e.